The molecule has 2 aliphatic rings. The summed E-state index contributed by atoms with van der Waals surface area (Å²) in [6, 6.07) is 0. The van der Waals surface area contributed by atoms with Gasteiger partial charge in [-0.2, -0.15) is 0 Å². The van der Waals surface area contributed by atoms with Crippen molar-refractivity contribution in [2.45, 2.75) is 57.8 Å². The van der Waals surface area contributed by atoms with Gasteiger partial charge >= 0.3 is 0 Å². The van der Waals surface area contributed by atoms with Crippen LogP contribution in [0, 0.1) is 6.92 Å². The van der Waals surface area contributed by atoms with Gasteiger partial charge in [0.15, 0.2) is 11.8 Å². The Labute approximate surface area is 197 Å². The van der Waals surface area contributed by atoms with Crippen molar-refractivity contribution in [3.8, 4) is 0 Å². The van der Waals surface area contributed by atoms with Crippen LogP contribution in [-0.2, 0) is 27.8 Å². The van der Waals surface area contributed by atoms with Gasteiger partial charge in [0, 0.05) is 53.6 Å². The number of nitrogens with one attached hydrogen (secondary N) is 1. The molecular weight excluding hydrogens is 499 g/mol. The predicted octanol–water partition coefficient (Wildman–Crippen LogP) is 1.88. The van der Waals surface area contributed by atoms with Gasteiger partial charge in [-0.05, 0) is 39.0 Å². The van der Waals surface area contributed by atoms with Gasteiger partial charge in [-0.25, -0.2) is 4.99 Å². The standard InChI is InChI=1S/C20H36N6O3.HI/c1-16-23-24-19(25(16)2)15-22-20(21-14-18-6-4-12-29-18)26-9-7-17(8-10-26)28-13-5-11-27-3;/h17-18H,4-15H2,1-3H3,(H,21,22);1H. The van der Waals surface area contributed by atoms with Crippen LogP contribution in [0.2, 0.25) is 0 Å². The van der Waals surface area contributed by atoms with Crippen LogP contribution in [-0.4, -0.2) is 84.4 Å². The van der Waals surface area contributed by atoms with Crippen LogP contribution in [0.3, 0.4) is 0 Å². The predicted molar refractivity (Wildman–Crippen MR) is 126 cm³/mol. The molecule has 1 atom stereocenters. The Bertz CT molecular complexity index is 642. The molecule has 3 rings (SSSR count). The molecule has 0 spiro atoms. The number of hydrogen-bond donors (Lipinski definition) is 1. The van der Waals surface area contributed by atoms with Crippen molar-refractivity contribution >= 4 is 29.9 Å². The van der Waals surface area contributed by atoms with Gasteiger partial charge in [0.05, 0.1) is 12.2 Å². The van der Waals surface area contributed by atoms with Crippen LogP contribution in [0.1, 0.15) is 43.8 Å². The van der Waals surface area contributed by atoms with E-state index in [0.717, 1.165) is 89.2 Å². The molecule has 172 valence electrons. The monoisotopic (exact) mass is 536 g/mol. The molecule has 3 heterocycles. The average molecular weight is 536 g/mol. The van der Waals surface area contributed by atoms with Crippen LogP contribution in [0.5, 0.6) is 0 Å². The van der Waals surface area contributed by atoms with Gasteiger partial charge in [0.1, 0.15) is 12.4 Å². The van der Waals surface area contributed by atoms with E-state index in [1.54, 1.807) is 7.11 Å². The van der Waals surface area contributed by atoms with E-state index in [0.29, 0.717) is 12.6 Å². The Morgan fingerprint density at radius 3 is 2.67 bits per heavy atom. The van der Waals surface area contributed by atoms with Crippen molar-refractivity contribution < 1.29 is 14.2 Å². The third-order valence-electron chi connectivity index (χ3n) is 5.65. The first-order valence-electron chi connectivity index (χ1n) is 10.8. The summed E-state index contributed by atoms with van der Waals surface area (Å²) in [6.07, 6.45) is 5.82. The molecule has 30 heavy (non-hydrogen) atoms. The second-order valence-electron chi connectivity index (χ2n) is 7.78. The lowest BCUT2D eigenvalue weighted by Gasteiger charge is -2.34. The summed E-state index contributed by atoms with van der Waals surface area (Å²) < 4.78 is 18.8. The number of aliphatic imine (C=N–C) groups is 1. The Morgan fingerprint density at radius 1 is 1.23 bits per heavy atom. The fourth-order valence-electron chi connectivity index (χ4n) is 3.70. The van der Waals surface area contributed by atoms with Crippen LogP contribution in [0.15, 0.2) is 4.99 Å². The summed E-state index contributed by atoms with van der Waals surface area (Å²) >= 11 is 0. The molecule has 0 aliphatic carbocycles. The number of rotatable bonds is 9. The lowest BCUT2D eigenvalue weighted by Crippen LogP contribution is -2.48. The molecule has 0 amide bonds. The minimum absolute atomic E-state index is 0. The Kier molecular flexibility index (Phi) is 11.3. The summed E-state index contributed by atoms with van der Waals surface area (Å²) in [4.78, 5) is 7.19. The van der Waals surface area contributed by atoms with Crippen molar-refractivity contribution in [3.63, 3.8) is 0 Å². The molecule has 0 bridgehead atoms. The molecule has 1 aromatic rings. The number of methoxy groups -OCH3 is 1. The summed E-state index contributed by atoms with van der Waals surface area (Å²) in [5.41, 5.74) is 0. The topological polar surface area (TPSA) is 86.0 Å². The molecule has 0 saturated carbocycles. The highest BCUT2D eigenvalue weighted by atomic mass is 127. The molecule has 2 fully saturated rings. The number of aryl methyl sites for hydroxylation is 1. The van der Waals surface area contributed by atoms with E-state index in [-0.39, 0.29) is 30.1 Å². The average Bonchev–Trinajstić information content (AvgIpc) is 3.37. The first kappa shape index (κ1) is 25.3. The second-order valence-corrected chi connectivity index (χ2v) is 7.78. The van der Waals surface area contributed by atoms with E-state index >= 15 is 0 Å². The maximum Gasteiger partial charge on any atom is 0.194 e. The normalized spacial score (nSPS) is 20.4. The molecular formula is C20H37IN6O3. The van der Waals surface area contributed by atoms with E-state index in [1.165, 1.54) is 0 Å². The van der Waals surface area contributed by atoms with Gasteiger partial charge in [0.2, 0.25) is 0 Å². The van der Waals surface area contributed by atoms with Crippen LogP contribution in [0.4, 0.5) is 0 Å². The SMILES string of the molecule is COCCCOC1CCN(C(=NCc2nnc(C)n2C)NCC2CCCO2)CC1.I. The van der Waals surface area contributed by atoms with E-state index in [9.17, 15) is 0 Å². The van der Waals surface area contributed by atoms with Crippen molar-refractivity contribution in [1.29, 1.82) is 0 Å². The molecule has 2 aliphatic heterocycles. The van der Waals surface area contributed by atoms with Crippen LogP contribution in [0.25, 0.3) is 0 Å². The second kappa shape index (κ2) is 13.4. The number of hydrogen-bond acceptors (Lipinski definition) is 6. The van der Waals surface area contributed by atoms with Gasteiger partial charge in [-0.1, -0.05) is 0 Å². The fourth-order valence-corrected chi connectivity index (χ4v) is 3.70. The molecule has 2 saturated heterocycles. The number of guanidine groups is 1. The summed E-state index contributed by atoms with van der Waals surface area (Å²) in [5.74, 6) is 2.70. The highest BCUT2D eigenvalue weighted by molar-refractivity contribution is 14.0. The van der Waals surface area contributed by atoms with Crippen molar-refractivity contribution in [2.24, 2.45) is 12.0 Å². The lowest BCUT2D eigenvalue weighted by molar-refractivity contribution is 0.00974. The van der Waals surface area contributed by atoms with Gasteiger partial charge in [0.25, 0.3) is 0 Å². The number of piperidine rings is 1. The van der Waals surface area contributed by atoms with Crippen LogP contribution >= 0.6 is 24.0 Å². The van der Waals surface area contributed by atoms with Crippen molar-refractivity contribution in [3.05, 3.63) is 11.6 Å². The Balaban J connectivity index is 0.00000320. The first-order valence-corrected chi connectivity index (χ1v) is 10.8. The lowest BCUT2D eigenvalue weighted by atomic mass is 10.1. The molecule has 10 heteroatoms. The van der Waals surface area contributed by atoms with E-state index in [4.69, 9.17) is 19.2 Å². The zero-order valence-electron chi connectivity index (χ0n) is 18.5. The zero-order chi connectivity index (χ0) is 20.5. The van der Waals surface area contributed by atoms with E-state index in [1.807, 2.05) is 18.5 Å². The summed E-state index contributed by atoms with van der Waals surface area (Å²) in [6.45, 7) is 7.51. The highest BCUT2D eigenvalue weighted by Gasteiger charge is 2.23. The highest BCUT2D eigenvalue weighted by Crippen LogP contribution is 2.15. The van der Waals surface area contributed by atoms with E-state index < -0.39 is 0 Å². The third kappa shape index (κ3) is 7.61. The third-order valence-corrected chi connectivity index (χ3v) is 5.65. The minimum Gasteiger partial charge on any atom is -0.385 e. The molecule has 0 aromatic carbocycles. The Hall–Kier alpha value is -0.980. The number of aromatic nitrogens is 3. The number of halogens is 1. The fraction of sp³-hybridized carbons (Fsp3) is 0.850. The molecule has 1 unspecified atom stereocenters. The Morgan fingerprint density at radius 2 is 2.03 bits per heavy atom. The minimum atomic E-state index is 0. The van der Waals surface area contributed by atoms with Crippen molar-refractivity contribution in [1.82, 2.24) is 25.0 Å². The van der Waals surface area contributed by atoms with Crippen LogP contribution < -0.4 is 5.32 Å². The van der Waals surface area contributed by atoms with E-state index in [2.05, 4.69) is 20.4 Å². The quantitative estimate of drug-likeness (QED) is 0.223. The maximum atomic E-state index is 5.99. The molecule has 0 radical (unpaired) electrons. The molecule has 1 N–H and O–H groups in total. The maximum absolute atomic E-state index is 5.99. The summed E-state index contributed by atoms with van der Waals surface area (Å²) in [7, 11) is 3.71. The smallest absolute Gasteiger partial charge is 0.194 e. The number of ether oxygens (including phenoxy) is 3. The first-order chi connectivity index (χ1) is 14.2. The van der Waals surface area contributed by atoms with Gasteiger partial charge in [-0.3, -0.25) is 0 Å². The molecule has 1 aromatic heterocycles. The molecule has 9 nitrogen and oxygen atoms in total. The summed E-state index contributed by atoms with van der Waals surface area (Å²) in [5, 5.41) is 11.9. The van der Waals surface area contributed by atoms with Gasteiger partial charge in [-0.15, -0.1) is 34.2 Å². The largest absolute Gasteiger partial charge is 0.385 e. The zero-order valence-corrected chi connectivity index (χ0v) is 20.8. The van der Waals surface area contributed by atoms with Crippen molar-refractivity contribution in [2.75, 3.05) is 46.6 Å². The van der Waals surface area contributed by atoms with Gasteiger partial charge < -0.3 is 29.0 Å². The number of likely N-dealkylation sites (tertiary alicyclic amines) is 1. The number of nitrogens with zero attached hydrogens (tertiary/aromatic N) is 5.